The van der Waals surface area contributed by atoms with Crippen molar-refractivity contribution in [1.29, 1.82) is 0 Å². The van der Waals surface area contributed by atoms with Gasteiger partial charge in [-0.15, -0.1) is 0 Å². The van der Waals surface area contributed by atoms with Gasteiger partial charge in [0, 0.05) is 13.2 Å². The van der Waals surface area contributed by atoms with Crippen LogP contribution in [0.15, 0.2) is 53.4 Å². The van der Waals surface area contributed by atoms with E-state index in [4.69, 9.17) is 0 Å². The number of anilines is 1. The number of sulfone groups is 1. The Morgan fingerprint density at radius 3 is 2.50 bits per heavy atom. The Bertz CT molecular complexity index is 1120. The molecule has 0 saturated heterocycles. The molecule has 3 aromatic rings. The fourth-order valence-electron chi connectivity index (χ4n) is 2.73. The number of fused-ring (bicyclic) bond motifs is 1. The molecule has 0 aliphatic heterocycles. The van der Waals surface area contributed by atoms with Gasteiger partial charge in [0.05, 0.1) is 27.6 Å². The van der Waals surface area contributed by atoms with Crippen LogP contribution in [0.3, 0.4) is 0 Å². The second-order valence-electron chi connectivity index (χ2n) is 6.34. The molecule has 9 heteroatoms. The van der Waals surface area contributed by atoms with E-state index < -0.39 is 15.9 Å². The van der Waals surface area contributed by atoms with Crippen LogP contribution in [-0.2, 0) is 19.4 Å². The molecule has 0 bridgehead atoms. The van der Waals surface area contributed by atoms with E-state index in [-0.39, 0.29) is 23.1 Å². The van der Waals surface area contributed by atoms with Crippen molar-refractivity contribution in [2.45, 2.75) is 24.3 Å². The quantitative estimate of drug-likeness (QED) is 0.642. The SMILES string of the molecule is CC(=O)N[C@H](CC(=O)Nc1nc2ccc(S(C)(=O)=O)cc2s1)c1ccccc1. The first kappa shape index (κ1) is 20.0. The van der Waals surface area contributed by atoms with Crippen molar-refractivity contribution >= 4 is 48.3 Å². The van der Waals surface area contributed by atoms with Crippen molar-refractivity contribution in [3.05, 3.63) is 54.1 Å². The number of nitrogens with zero attached hydrogens (tertiary/aromatic N) is 1. The Hall–Kier alpha value is -2.78. The van der Waals surface area contributed by atoms with Crippen molar-refractivity contribution in [1.82, 2.24) is 10.3 Å². The topological polar surface area (TPSA) is 105 Å². The lowest BCUT2D eigenvalue weighted by Crippen LogP contribution is -2.29. The van der Waals surface area contributed by atoms with Gasteiger partial charge in [-0.05, 0) is 23.8 Å². The van der Waals surface area contributed by atoms with Crippen LogP contribution in [0.1, 0.15) is 24.9 Å². The lowest BCUT2D eigenvalue weighted by molar-refractivity contribution is -0.120. The maximum atomic E-state index is 12.5. The van der Waals surface area contributed by atoms with Gasteiger partial charge in [-0.3, -0.25) is 9.59 Å². The summed E-state index contributed by atoms with van der Waals surface area (Å²) in [4.78, 5) is 28.5. The summed E-state index contributed by atoms with van der Waals surface area (Å²) >= 11 is 1.20. The van der Waals surface area contributed by atoms with E-state index in [9.17, 15) is 18.0 Å². The first-order valence-electron chi connectivity index (χ1n) is 8.45. The van der Waals surface area contributed by atoms with Crippen molar-refractivity contribution < 1.29 is 18.0 Å². The third-order valence-corrected chi connectivity index (χ3v) is 6.05. The van der Waals surface area contributed by atoms with Crippen LogP contribution < -0.4 is 10.6 Å². The second kappa shape index (κ2) is 8.07. The summed E-state index contributed by atoms with van der Waals surface area (Å²) in [5.74, 6) is -0.528. The third-order valence-electron chi connectivity index (χ3n) is 4.00. The highest BCUT2D eigenvalue weighted by Crippen LogP contribution is 2.28. The molecule has 1 atom stereocenters. The zero-order chi connectivity index (χ0) is 20.3. The average molecular weight is 418 g/mol. The Morgan fingerprint density at radius 1 is 1.14 bits per heavy atom. The molecule has 3 rings (SSSR count). The fourth-order valence-corrected chi connectivity index (χ4v) is 4.37. The second-order valence-corrected chi connectivity index (χ2v) is 9.38. The standard InChI is InChI=1S/C19H19N3O4S2/c1-12(23)20-16(13-6-4-3-5-7-13)11-18(24)22-19-21-15-9-8-14(28(2,25)26)10-17(15)27-19/h3-10,16H,11H2,1-2H3,(H,20,23)(H,21,22,24)/t16-/m1/s1. The first-order valence-corrected chi connectivity index (χ1v) is 11.2. The van der Waals surface area contributed by atoms with Gasteiger partial charge >= 0.3 is 0 Å². The lowest BCUT2D eigenvalue weighted by atomic mass is 10.0. The minimum Gasteiger partial charge on any atom is -0.349 e. The highest BCUT2D eigenvalue weighted by atomic mass is 32.2. The van der Waals surface area contributed by atoms with E-state index >= 15 is 0 Å². The average Bonchev–Trinajstić information content (AvgIpc) is 3.02. The molecule has 1 heterocycles. The molecule has 0 radical (unpaired) electrons. The molecule has 7 nitrogen and oxygen atoms in total. The Labute approximate surface area is 166 Å². The van der Waals surface area contributed by atoms with Gasteiger partial charge in [0.15, 0.2) is 15.0 Å². The van der Waals surface area contributed by atoms with Crippen LogP contribution in [0.5, 0.6) is 0 Å². The summed E-state index contributed by atoms with van der Waals surface area (Å²) in [6.07, 6.45) is 1.19. The Morgan fingerprint density at radius 2 is 1.86 bits per heavy atom. The van der Waals surface area contributed by atoms with Crippen molar-refractivity contribution in [2.24, 2.45) is 0 Å². The fraction of sp³-hybridized carbons (Fsp3) is 0.211. The van der Waals surface area contributed by atoms with Gasteiger partial charge in [0.25, 0.3) is 0 Å². The zero-order valence-corrected chi connectivity index (χ0v) is 16.9. The van der Waals surface area contributed by atoms with Crippen LogP contribution in [0.2, 0.25) is 0 Å². The van der Waals surface area contributed by atoms with Crippen LogP contribution in [0, 0.1) is 0 Å². The Balaban J connectivity index is 1.76. The predicted molar refractivity (Wildman–Crippen MR) is 109 cm³/mol. The number of nitrogens with one attached hydrogen (secondary N) is 2. The molecule has 0 fully saturated rings. The van der Waals surface area contributed by atoms with Crippen LogP contribution in [0.25, 0.3) is 10.2 Å². The maximum absolute atomic E-state index is 12.5. The molecule has 0 spiro atoms. The van der Waals surface area contributed by atoms with Gasteiger partial charge in [0.2, 0.25) is 11.8 Å². The largest absolute Gasteiger partial charge is 0.349 e. The number of carbonyl (C=O) groups excluding carboxylic acids is 2. The smallest absolute Gasteiger partial charge is 0.228 e. The summed E-state index contributed by atoms with van der Waals surface area (Å²) in [5, 5.41) is 5.89. The number of carbonyl (C=O) groups is 2. The number of hydrogen-bond donors (Lipinski definition) is 2. The highest BCUT2D eigenvalue weighted by molar-refractivity contribution is 7.90. The molecule has 0 aliphatic carbocycles. The number of rotatable bonds is 6. The van der Waals surface area contributed by atoms with E-state index in [2.05, 4.69) is 15.6 Å². The molecule has 28 heavy (non-hydrogen) atoms. The van der Waals surface area contributed by atoms with Gasteiger partial charge in [-0.2, -0.15) is 0 Å². The van der Waals surface area contributed by atoms with Crippen LogP contribution in [-0.4, -0.2) is 31.5 Å². The van der Waals surface area contributed by atoms with Crippen molar-refractivity contribution in [3.63, 3.8) is 0 Å². The molecule has 2 aromatic carbocycles. The molecule has 2 N–H and O–H groups in total. The molecule has 0 aliphatic rings. The number of hydrogen-bond acceptors (Lipinski definition) is 6. The molecule has 146 valence electrons. The zero-order valence-electron chi connectivity index (χ0n) is 15.3. The minimum absolute atomic E-state index is 0.0497. The molecule has 0 saturated carbocycles. The summed E-state index contributed by atoms with van der Waals surface area (Å²) in [7, 11) is -3.31. The molecular weight excluding hydrogens is 398 g/mol. The normalized spacial score (nSPS) is 12.5. The summed E-state index contributed by atoms with van der Waals surface area (Å²) in [6.45, 7) is 1.40. The molecule has 1 aromatic heterocycles. The maximum Gasteiger partial charge on any atom is 0.228 e. The highest BCUT2D eigenvalue weighted by Gasteiger charge is 2.18. The van der Waals surface area contributed by atoms with Gasteiger partial charge in [-0.1, -0.05) is 41.7 Å². The molecular formula is C19H19N3O4S2. The van der Waals surface area contributed by atoms with Crippen molar-refractivity contribution in [2.75, 3.05) is 11.6 Å². The molecule has 0 unspecified atom stereocenters. The number of aromatic nitrogens is 1. The first-order chi connectivity index (χ1) is 13.2. The van der Waals surface area contributed by atoms with Gasteiger partial charge in [0.1, 0.15) is 0 Å². The summed E-state index contributed by atoms with van der Waals surface area (Å²) in [5.41, 5.74) is 1.43. The van der Waals surface area contributed by atoms with E-state index in [0.29, 0.717) is 15.3 Å². The monoisotopic (exact) mass is 417 g/mol. The van der Waals surface area contributed by atoms with Crippen molar-refractivity contribution in [3.8, 4) is 0 Å². The van der Waals surface area contributed by atoms with Crippen LogP contribution in [0.4, 0.5) is 5.13 Å². The Kier molecular flexibility index (Phi) is 5.76. The third kappa shape index (κ3) is 4.93. The summed E-state index contributed by atoms with van der Waals surface area (Å²) < 4.78 is 24.0. The van der Waals surface area contributed by atoms with Gasteiger partial charge < -0.3 is 10.6 Å². The molecule has 2 amide bonds. The summed E-state index contributed by atoms with van der Waals surface area (Å²) in [6, 6.07) is 13.4. The lowest BCUT2D eigenvalue weighted by Gasteiger charge is -2.17. The van der Waals surface area contributed by atoms with Crippen LogP contribution >= 0.6 is 11.3 Å². The predicted octanol–water partition coefficient (Wildman–Crippen LogP) is 2.91. The van der Waals surface area contributed by atoms with E-state index in [1.807, 2.05) is 30.3 Å². The number of thiazole rings is 1. The van der Waals surface area contributed by atoms with E-state index in [0.717, 1.165) is 11.8 Å². The van der Waals surface area contributed by atoms with E-state index in [1.165, 1.54) is 24.3 Å². The minimum atomic E-state index is -3.31. The van der Waals surface area contributed by atoms with E-state index in [1.54, 1.807) is 12.1 Å². The number of benzene rings is 2. The van der Waals surface area contributed by atoms with Gasteiger partial charge in [-0.25, -0.2) is 13.4 Å². The number of amides is 2.